The number of aromatic hydroxyl groups is 3. The van der Waals surface area contributed by atoms with Gasteiger partial charge >= 0.3 is 0 Å². The van der Waals surface area contributed by atoms with Crippen LogP contribution in [0.3, 0.4) is 0 Å². The van der Waals surface area contributed by atoms with Crippen LogP contribution in [-0.2, 0) is 0 Å². The zero-order valence-corrected chi connectivity index (χ0v) is 11.5. The van der Waals surface area contributed by atoms with Crippen molar-refractivity contribution in [3.05, 3.63) is 46.6 Å². The summed E-state index contributed by atoms with van der Waals surface area (Å²) in [7, 11) is 1.25. The van der Waals surface area contributed by atoms with Crippen molar-refractivity contribution in [2.75, 3.05) is 7.11 Å². The second-order valence-corrected chi connectivity index (χ2v) is 4.62. The average Bonchev–Trinajstić information content (AvgIpc) is 2.53. The highest BCUT2D eigenvalue weighted by Gasteiger charge is 2.24. The van der Waals surface area contributed by atoms with Gasteiger partial charge in [0.1, 0.15) is 11.1 Å². The zero-order valence-electron chi connectivity index (χ0n) is 11.5. The van der Waals surface area contributed by atoms with Crippen molar-refractivity contribution in [3.63, 3.8) is 0 Å². The Morgan fingerprint density at radius 2 is 1.68 bits per heavy atom. The summed E-state index contributed by atoms with van der Waals surface area (Å²) in [5, 5.41) is 29.1. The molecule has 0 unspecified atom stereocenters. The third-order valence-corrected chi connectivity index (χ3v) is 3.32. The van der Waals surface area contributed by atoms with Crippen molar-refractivity contribution in [3.8, 4) is 34.3 Å². The molecule has 1 aromatic heterocycles. The predicted octanol–water partition coefficient (Wildman–Crippen LogP) is 2.59. The SMILES string of the molecule is COc1c(O)c(O)c(O)c2c(=O)cc(-c3ccccc3)oc12. The van der Waals surface area contributed by atoms with Gasteiger partial charge in [-0.25, -0.2) is 0 Å². The van der Waals surface area contributed by atoms with Crippen LogP contribution in [0.4, 0.5) is 0 Å². The average molecular weight is 300 g/mol. The molecule has 0 aliphatic heterocycles. The molecule has 1 heterocycles. The van der Waals surface area contributed by atoms with E-state index in [-0.39, 0.29) is 22.5 Å². The van der Waals surface area contributed by atoms with Crippen molar-refractivity contribution in [1.82, 2.24) is 0 Å². The molecule has 6 nitrogen and oxygen atoms in total. The van der Waals surface area contributed by atoms with Crippen LogP contribution in [0.2, 0.25) is 0 Å². The summed E-state index contributed by atoms with van der Waals surface area (Å²) >= 11 is 0. The molecule has 2 aromatic carbocycles. The molecule has 0 aliphatic rings. The fourth-order valence-corrected chi connectivity index (χ4v) is 2.26. The van der Waals surface area contributed by atoms with Gasteiger partial charge in [-0.1, -0.05) is 30.3 Å². The molecule has 0 fully saturated rings. The molecule has 0 radical (unpaired) electrons. The summed E-state index contributed by atoms with van der Waals surface area (Å²) in [5.41, 5.74) is -0.0523. The highest BCUT2D eigenvalue weighted by Crippen LogP contribution is 2.48. The Morgan fingerprint density at radius 1 is 1.00 bits per heavy atom. The fraction of sp³-hybridized carbons (Fsp3) is 0.0625. The molecule has 3 N–H and O–H groups in total. The standard InChI is InChI=1S/C16H12O6/c1-21-16-14(20)13(19)12(18)11-9(17)7-10(22-15(11)16)8-5-3-2-4-6-8/h2-7,18-20H,1H3. The lowest BCUT2D eigenvalue weighted by atomic mass is 10.1. The number of rotatable bonds is 2. The largest absolute Gasteiger partial charge is 0.504 e. The van der Waals surface area contributed by atoms with E-state index in [1.54, 1.807) is 24.3 Å². The molecule has 3 aromatic rings. The molecule has 22 heavy (non-hydrogen) atoms. The molecule has 0 bridgehead atoms. The van der Waals surface area contributed by atoms with E-state index in [1.807, 2.05) is 6.07 Å². The van der Waals surface area contributed by atoms with Crippen LogP contribution in [0.25, 0.3) is 22.3 Å². The maximum atomic E-state index is 12.3. The fourth-order valence-electron chi connectivity index (χ4n) is 2.26. The summed E-state index contributed by atoms with van der Waals surface area (Å²) in [4.78, 5) is 12.3. The first-order chi connectivity index (χ1) is 10.5. The van der Waals surface area contributed by atoms with Gasteiger partial charge < -0.3 is 24.5 Å². The molecule has 0 aliphatic carbocycles. The zero-order chi connectivity index (χ0) is 15.9. The second kappa shape index (κ2) is 5.00. The number of phenols is 3. The van der Waals surface area contributed by atoms with Gasteiger partial charge in [0, 0.05) is 11.6 Å². The summed E-state index contributed by atoms with van der Waals surface area (Å²) < 4.78 is 10.6. The van der Waals surface area contributed by atoms with Crippen LogP contribution in [-0.4, -0.2) is 22.4 Å². The monoisotopic (exact) mass is 300 g/mol. The number of methoxy groups -OCH3 is 1. The van der Waals surface area contributed by atoms with Crippen molar-refractivity contribution < 1.29 is 24.5 Å². The maximum Gasteiger partial charge on any atom is 0.208 e. The Balaban J connectivity index is 2.44. The topological polar surface area (TPSA) is 100 Å². The first-order valence-corrected chi connectivity index (χ1v) is 6.38. The van der Waals surface area contributed by atoms with Crippen molar-refractivity contribution in [2.24, 2.45) is 0 Å². The van der Waals surface area contributed by atoms with E-state index < -0.39 is 22.7 Å². The van der Waals surface area contributed by atoms with E-state index in [9.17, 15) is 20.1 Å². The first kappa shape index (κ1) is 13.8. The van der Waals surface area contributed by atoms with E-state index in [0.717, 1.165) is 0 Å². The van der Waals surface area contributed by atoms with Gasteiger partial charge in [0.25, 0.3) is 0 Å². The molecular weight excluding hydrogens is 288 g/mol. The van der Waals surface area contributed by atoms with Gasteiger partial charge in [0.05, 0.1) is 7.11 Å². The van der Waals surface area contributed by atoms with Crippen molar-refractivity contribution >= 4 is 11.0 Å². The van der Waals surface area contributed by atoms with Crippen molar-refractivity contribution in [2.45, 2.75) is 0 Å². The van der Waals surface area contributed by atoms with Gasteiger partial charge in [-0.05, 0) is 0 Å². The molecule has 0 saturated heterocycles. The van der Waals surface area contributed by atoms with Gasteiger partial charge in [-0.15, -0.1) is 0 Å². The molecule has 0 atom stereocenters. The quantitative estimate of drug-likeness (QED) is 0.629. The lowest BCUT2D eigenvalue weighted by Gasteiger charge is -2.11. The van der Waals surface area contributed by atoms with Gasteiger partial charge in [0.2, 0.25) is 17.2 Å². The number of phenolic OH excluding ortho intramolecular Hbond substituents is 3. The minimum atomic E-state index is -0.830. The molecule has 0 saturated carbocycles. The van der Waals surface area contributed by atoms with Crippen LogP contribution in [0, 0.1) is 0 Å². The molecule has 112 valence electrons. The van der Waals surface area contributed by atoms with Crippen LogP contribution in [0.1, 0.15) is 0 Å². The Morgan fingerprint density at radius 3 is 2.32 bits per heavy atom. The van der Waals surface area contributed by atoms with E-state index in [0.29, 0.717) is 5.56 Å². The molecule has 3 rings (SSSR count). The number of ether oxygens (including phenoxy) is 1. The molecule has 6 heteroatoms. The third-order valence-electron chi connectivity index (χ3n) is 3.32. The van der Waals surface area contributed by atoms with Crippen LogP contribution in [0.5, 0.6) is 23.0 Å². The van der Waals surface area contributed by atoms with E-state index >= 15 is 0 Å². The smallest absolute Gasteiger partial charge is 0.208 e. The molecule has 0 spiro atoms. The summed E-state index contributed by atoms with van der Waals surface area (Å²) in [6.07, 6.45) is 0. The van der Waals surface area contributed by atoms with Crippen molar-refractivity contribution in [1.29, 1.82) is 0 Å². The maximum absolute atomic E-state index is 12.3. The first-order valence-electron chi connectivity index (χ1n) is 6.38. The highest BCUT2D eigenvalue weighted by atomic mass is 16.5. The molecular formula is C16H12O6. The Hall–Kier alpha value is -3.15. The minimum Gasteiger partial charge on any atom is -0.504 e. The summed E-state index contributed by atoms with van der Waals surface area (Å²) in [6.45, 7) is 0. The lowest BCUT2D eigenvalue weighted by molar-refractivity contribution is 0.336. The van der Waals surface area contributed by atoms with Crippen LogP contribution < -0.4 is 10.2 Å². The van der Waals surface area contributed by atoms with E-state index in [4.69, 9.17) is 9.15 Å². The van der Waals surface area contributed by atoms with E-state index in [1.165, 1.54) is 13.2 Å². The summed E-state index contributed by atoms with van der Waals surface area (Å²) in [5.74, 6) is -2.24. The Labute approximate surface area is 124 Å². The Bertz CT molecular complexity index is 912. The second-order valence-electron chi connectivity index (χ2n) is 4.62. The normalized spacial score (nSPS) is 10.8. The lowest BCUT2D eigenvalue weighted by Crippen LogP contribution is -2.02. The van der Waals surface area contributed by atoms with Crippen LogP contribution >= 0.6 is 0 Å². The highest BCUT2D eigenvalue weighted by molar-refractivity contribution is 5.94. The number of hydrogen-bond acceptors (Lipinski definition) is 6. The van der Waals surface area contributed by atoms with Crippen LogP contribution in [0.15, 0.2) is 45.6 Å². The number of benzene rings is 2. The van der Waals surface area contributed by atoms with Gasteiger partial charge in [-0.2, -0.15) is 0 Å². The summed E-state index contributed by atoms with van der Waals surface area (Å²) in [6, 6.07) is 10.1. The minimum absolute atomic E-state index is 0.137. The number of fused-ring (bicyclic) bond motifs is 1. The van der Waals surface area contributed by atoms with Gasteiger partial charge in [-0.3, -0.25) is 4.79 Å². The predicted molar refractivity (Wildman–Crippen MR) is 79.5 cm³/mol. The van der Waals surface area contributed by atoms with E-state index in [2.05, 4.69) is 0 Å². The van der Waals surface area contributed by atoms with Gasteiger partial charge in [0.15, 0.2) is 16.8 Å². The Kier molecular flexibility index (Phi) is 3.14. The number of hydrogen-bond donors (Lipinski definition) is 3. The third kappa shape index (κ3) is 1.93. The molecule has 0 amide bonds.